The molecule has 5 fully saturated rings. The third-order valence-electron chi connectivity index (χ3n) is 24.1. The van der Waals surface area contributed by atoms with Gasteiger partial charge < -0.3 is 90.3 Å². The van der Waals surface area contributed by atoms with Gasteiger partial charge in [0, 0.05) is 166 Å². The number of rotatable bonds is 40. The van der Waals surface area contributed by atoms with E-state index >= 15 is 0 Å². The van der Waals surface area contributed by atoms with E-state index in [0.29, 0.717) is 130 Å². The van der Waals surface area contributed by atoms with E-state index in [1.54, 1.807) is 20.4 Å². The van der Waals surface area contributed by atoms with Gasteiger partial charge in [0.25, 0.3) is 0 Å². The molecule has 0 unspecified atom stereocenters. The van der Waals surface area contributed by atoms with Gasteiger partial charge in [-0.3, -0.25) is 24.0 Å². The predicted molar refractivity (Wildman–Crippen MR) is 537 cm³/mol. The minimum Gasteiger partial charge on any atom is -0.491 e. The van der Waals surface area contributed by atoms with Gasteiger partial charge in [0.2, 0.25) is 29.5 Å². The minimum atomic E-state index is -0.0159. The van der Waals surface area contributed by atoms with Crippen LogP contribution in [0, 0.1) is 33.6 Å². The van der Waals surface area contributed by atoms with Gasteiger partial charge in [-0.2, -0.15) is 4.37 Å². The second-order valence-corrected chi connectivity index (χ2v) is 34.4. The van der Waals surface area contributed by atoms with E-state index in [2.05, 4.69) is 101 Å². The Balaban J connectivity index is 0.000000167. The number of carbonyl (C=O) groups is 5. The zero-order valence-electron chi connectivity index (χ0n) is 80.7. The molecule has 138 heavy (non-hydrogen) atoms. The summed E-state index contributed by atoms with van der Waals surface area (Å²) >= 11 is 1.48. The van der Waals surface area contributed by atoms with E-state index in [1.165, 1.54) is 53.0 Å². The van der Waals surface area contributed by atoms with Gasteiger partial charge in [0.05, 0.1) is 83.7 Å². The largest absolute Gasteiger partial charge is 0.491 e. The minimum absolute atomic E-state index is 0.00414. The summed E-state index contributed by atoms with van der Waals surface area (Å²) in [6.07, 6.45) is 19.0. The van der Waals surface area contributed by atoms with Crippen LogP contribution >= 0.6 is 11.5 Å². The molecule has 5 aliphatic rings. The molecule has 3 aromatic heterocycles. The predicted octanol–water partition coefficient (Wildman–Crippen LogP) is 18.7. The molecule has 27 nitrogen and oxygen atoms in total. The Morgan fingerprint density at radius 2 is 0.754 bits per heavy atom. The fraction of sp³-hybridized carbons (Fsp3) is 0.400. The number of hydrogen-bond donors (Lipinski definition) is 0. The summed E-state index contributed by atoms with van der Waals surface area (Å²) < 4.78 is 83.1. The molecular weight excluding hydrogens is 1770 g/mol. The van der Waals surface area contributed by atoms with E-state index in [9.17, 15) is 24.0 Å². The summed E-state index contributed by atoms with van der Waals surface area (Å²) in [5.41, 5.74) is 13.0. The van der Waals surface area contributed by atoms with Crippen LogP contribution in [0.5, 0.6) is 34.5 Å². The molecule has 0 radical (unpaired) electrons. The molecular formula is C110H134N8O19S. The monoisotopic (exact) mass is 1900 g/mol. The van der Waals surface area contributed by atoms with Crippen LogP contribution in [0.15, 0.2) is 254 Å². The SMILES string of the molecule is C=CC(=O)N1CCC(Cc2ccc(-c3cnoc3C)cc2)CC1.C=CC(=O)N1CCC(Oc2ccc(-c3csnc3C)cc2)CC1.C=CC(=O)N1CCC(Oc2ccc(-c3oc(C)nc3C)cc2)CC1.C=CC(=O)N1CCC(Oc2cccc(-c3cccc(OCCOCCOCCOC)c3)c2)CC1.C=CC(=O)N1CCC(Oc2cccc(-c3ccccc3OCCOCCOCCOC)c2)CC1. The lowest BCUT2D eigenvalue weighted by Crippen LogP contribution is -2.41. The number of piperidine rings is 5. The number of oxazole rings is 1. The molecule has 5 saturated heterocycles. The Hall–Kier alpha value is -12.8. The van der Waals surface area contributed by atoms with E-state index in [1.807, 2.05) is 174 Å². The van der Waals surface area contributed by atoms with E-state index in [0.717, 1.165) is 199 Å². The first-order valence-corrected chi connectivity index (χ1v) is 48.4. The van der Waals surface area contributed by atoms with Crippen LogP contribution in [0.1, 0.15) is 92.8 Å². The van der Waals surface area contributed by atoms with Crippen molar-refractivity contribution < 1.29 is 89.8 Å². The molecule has 0 bridgehead atoms. The lowest BCUT2D eigenvalue weighted by atomic mass is 9.89. The smallest absolute Gasteiger partial charge is 0.245 e. The standard InChI is InChI=1S/2C27H35NO6.C19H22N2O3.C19H22N2O2.C18H20N2O2S/c1-3-27(29)28-12-10-24(11-13-28)34-26-9-5-7-23(21-26)22-6-4-8-25(20-22)33-19-18-32-17-16-31-15-14-30-2;1-3-27(29)28-13-11-23(12-14-28)34-24-8-6-7-22(21-24)25-9-4-5-10-26(25)33-20-19-32-18-17-31-16-15-30-2;1-4-18(22)21-11-9-17(10-12-21)24-16-7-5-15(6-8-16)19-13(2)20-14(3)23-19;1-3-19(22)21-10-8-16(9-11-21)12-15-4-6-17(7-5-15)18-13-20-23-14(18)2;1-3-18(21)20-10-8-16(9-11-20)22-15-6-4-14(5-7-15)17-12-23-19-13(17)2/h3-9,20-21,24H,1,10-19H2,2H3;3-10,21,23H,1,11-20H2,2H3;4-8,17H,1,9-12H2,2-3H3;3-7,13,16H,1,8-12H2,2H3;3-7,12,16H,1,8-11H2,2H3. The Morgan fingerprint density at radius 3 is 1.17 bits per heavy atom. The molecule has 0 aliphatic carbocycles. The number of hydrogen-bond acceptors (Lipinski definition) is 23. The van der Waals surface area contributed by atoms with Crippen LogP contribution in [0.4, 0.5) is 0 Å². The van der Waals surface area contributed by atoms with Gasteiger partial charge in [-0.25, -0.2) is 4.98 Å². The summed E-state index contributed by atoms with van der Waals surface area (Å²) in [4.78, 5) is 71.7. The first-order chi connectivity index (χ1) is 67.3. The van der Waals surface area contributed by atoms with Crippen molar-refractivity contribution in [2.24, 2.45) is 5.92 Å². The maximum atomic E-state index is 11.8. The first kappa shape index (κ1) is 106. The lowest BCUT2D eigenvalue weighted by Gasteiger charge is -2.31. The van der Waals surface area contributed by atoms with E-state index in [-0.39, 0.29) is 54.0 Å². The van der Waals surface area contributed by atoms with Crippen LogP contribution < -0.4 is 28.4 Å². The number of carbonyl (C=O) groups excluding carboxylic acids is 5. The van der Waals surface area contributed by atoms with Crippen molar-refractivity contribution in [1.29, 1.82) is 0 Å². The van der Waals surface area contributed by atoms with Crippen LogP contribution in [0.25, 0.3) is 55.8 Å². The maximum Gasteiger partial charge on any atom is 0.245 e. The average Bonchev–Trinajstić information content (AvgIpc) is 1.75. The number of likely N-dealkylation sites (tertiary alicyclic amines) is 5. The normalized spacial score (nSPS) is 14.8. The zero-order chi connectivity index (χ0) is 97.6. The number of aryl methyl sites for hydroxylation is 4. The molecule has 5 aliphatic heterocycles. The maximum absolute atomic E-state index is 11.8. The fourth-order valence-corrected chi connectivity index (χ4v) is 17.2. The molecule has 10 aromatic rings. The third-order valence-corrected chi connectivity index (χ3v) is 24.8. The molecule has 0 spiro atoms. The number of para-hydroxylation sites is 1. The van der Waals surface area contributed by atoms with E-state index < -0.39 is 0 Å². The molecule has 0 N–H and O–H groups in total. The third kappa shape index (κ3) is 34.1. The number of methoxy groups -OCH3 is 2. The van der Waals surface area contributed by atoms with Gasteiger partial charge in [-0.15, -0.1) is 0 Å². The summed E-state index contributed by atoms with van der Waals surface area (Å²) in [5, 5.41) is 5.90. The highest BCUT2D eigenvalue weighted by molar-refractivity contribution is 7.04. The highest BCUT2D eigenvalue weighted by Gasteiger charge is 2.29. The first-order valence-electron chi connectivity index (χ1n) is 47.6. The summed E-state index contributed by atoms with van der Waals surface area (Å²) in [5.74, 6) is 7.95. The quantitative estimate of drug-likeness (QED) is 0.0255. The van der Waals surface area contributed by atoms with Crippen LogP contribution in [0.3, 0.4) is 0 Å². The van der Waals surface area contributed by atoms with Crippen molar-refractivity contribution in [2.45, 2.75) is 123 Å². The Kier molecular flexibility index (Phi) is 44.0. The molecule has 28 heteroatoms. The molecule has 5 amide bonds. The van der Waals surface area contributed by atoms with Crippen molar-refractivity contribution in [3.63, 3.8) is 0 Å². The van der Waals surface area contributed by atoms with Crippen LogP contribution in [-0.2, 0) is 58.8 Å². The van der Waals surface area contributed by atoms with Crippen molar-refractivity contribution in [3.8, 4) is 90.3 Å². The average molecular weight is 1900 g/mol. The highest BCUT2D eigenvalue weighted by atomic mass is 32.1. The topological polar surface area (TPSA) is 277 Å². The summed E-state index contributed by atoms with van der Waals surface area (Å²) in [7, 11) is 3.30. The molecule has 7 aromatic carbocycles. The summed E-state index contributed by atoms with van der Waals surface area (Å²) in [6.45, 7) is 39.2. The molecule has 15 rings (SSSR count). The van der Waals surface area contributed by atoms with Gasteiger partial charge >= 0.3 is 0 Å². The van der Waals surface area contributed by atoms with Gasteiger partial charge in [-0.05, 0) is 200 Å². The van der Waals surface area contributed by atoms with Crippen molar-refractivity contribution in [2.75, 3.05) is 159 Å². The number of aromatic nitrogens is 3. The Labute approximate surface area is 816 Å². The van der Waals surface area contributed by atoms with Crippen molar-refractivity contribution in [1.82, 2.24) is 39.0 Å². The molecule has 0 atom stereocenters. The summed E-state index contributed by atoms with van der Waals surface area (Å²) in [6, 6.07) is 56.7. The zero-order valence-corrected chi connectivity index (χ0v) is 81.5. The Morgan fingerprint density at radius 1 is 0.377 bits per heavy atom. The molecule has 734 valence electrons. The second-order valence-electron chi connectivity index (χ2n) is 33.8. The molecule has 0 saturated carbocycles. The number of amides is 5. The highest BCUT2D eigenvalue weighted by Crippen LogP contribution is 2.36. The Bertz CT molecular complexity index is 5300. The van der Waals surface area contributed by atoms with Crippen LogP contribution in [-0.4, -0.2) is 252 Å². The number of benzene rings is 7. The van der Waals surface area contributed by atoms with Crippen molar-refractivity contribution >= 4 is 41.1 Å². The van der Waals surface area contributed by atoms with E-state index in [4.69, 9.17) is 65.8 Å². The lowest BCUT2D eigenvalue weighted by molar-refractivity contribution is -0.128. The fourth-order valence-electron chi connectivity index (χ4n) is 16.5. The van der Waals surface area contributed by atoms with Crippen LogP contribution in [0.2, 0.25) is 0 Å². The van der Waals surface area contributed by atoms with Gasteiger partial charge in [-0.1, -0.05) is 129 Å². The van der Waals surface area contributed by atoms with Gasteiger partial charge in [0.1, 0.15) is 77.9 Å². The number of ether oxygens (including phenoxy) is 12. The second kappa shape index (κ2) is 57.4. The van der Waals surface area contributed by atoms with Crippen molar-refractivity contribution in [3.05, 3.63) is 273 Å². The van der Waals surface area contributed by atoms with Gasteiger partial charge in [0.15, 0.2) is 11.7 Å². The molecule has 8 heterocycles. The number of nitrogens with zero attached hydrogens (tertiary/aromatic N) is 8.